The zero-order chi connectivity index (χ0) is 19.2. The highest BCUT2D eigenvalue weighted by Gasteiger charge is 2.21. The number of carbonyl (C=O) groups is 1. The first-order chi connectivity index (χ1) is 13.1. The van der Waals surface area contributed by atoms with E-state index in [9.17, 15) is 9.59 Å². The van der Waals surface area contributed by atoms with Gasteiger partial charge in [0.1, 0.15) is 5.56 Å². The third kappa shape index (κ3) is 5.24. The van der Waals surface area contributed by atoms with Crippen LogP contribution in [-0.4, -0.2) is 23.6 Å². The average molecular weight is 404 g/mol. The summed E-state index contributed by atoms with van der Waals surface area (Å²) in [6, 6.07) is 9.92. The van der Waals surface area contributed by atoms with Crippen LogP contribution in [0.3, 0.4) is 0 Å². The van der Waals surface area contributed by atoms with Gasteiger partial charge in [0, 0.05) is 17.9 Å². The van der Waals surface area contributed by atoms with E-state index in [1.807, 2.05) is 43.5 Å². The molecule has 1 aliphatic rings. The summed E-state index contributed by atoms with van der Waals surface area (Å²) in [5.41, 5.74) is 2.74. The number of hydrogen-bond acceptors (Lipinski definition) is 3. The molecule has 0 atom stereocenters. The molecular formula is C22H30ClN3O2. The van der Waals surface area contributed by atoms with Gasteiger partial charge in [0.05, 0.1) is 0 Å². The number of hydrogen-bond donors (Lipinski definition) is 2. The predicted octanol–water partition coefficient (Wildman–Crippen LogP) is 4.10. The third-order valence-electron chi connectivity index (χ3n) is 5.29. The van der Waals surface area contributed by atoms with Crippen molar-refractivity contribution >= 4 is 24.0 Å². The lowest BCUT2D eigenvalue weighted by atomic mass is 10.0. The van der Waals surface area contributed by atoms with Crippen molar-refractivity contribution in [2.75, 3.05) is 18.4 Å². The number of aromatic nitrogens is 1. The summed E-state index contributed by atoms with van der Waals surface area (Å²) in [5.74, 6) is -0.331. The van der Waals surface area contributed by atoms with Crippen LogP contribution in [0.5, 0.6) is 0 Å². The van der Waals surface area contributed by atoms with Crippen molar-refractivity contribution in [1.82, 2.24) is 9.88 Å². The van der Waals surface area contributed by atoms with Crippen LogP contribution in [0.4, 0.5) is 5.69 Å². The topological polar surface area (TPSA) is 63.1 Å². The minimum Gasteiger partial charge on any atom is -0.322 e. The van der Waals surface area contributed by atoms with E-state index >= 15 is 0 Å². The fourth-order valence-electron chi connectivity index (χ4n) is 3.62. The molecule has 6 heteroatoms. The van der Waals surface area contributed by atoms with Gasteiger partial charge in [-0.3, -0.25) is 9.59 Å². The van der Waals surface area contributed by atoms with Gasteiger partial charge in [0.15, 0.2) is 0 Å². The quantitative estimate of drug-likeness (QED) is 0.763. The van der Waals surface area contributed by atoms with Gasteiger partial charge < -0.3 is 15.2 Å². The molecule has 5 nitrogen and oxygen atoms in total. The standard InChI is InChI=1S/C22H29N3O2.ClH/c1-3-4-5-17-6-8-18(9-7-17)24-21(26)20-16(2)12-15-25(22(20)27)19-10-13-23-14-11-19;/h6-9,12,15,19,23H,3-5,10-11,13-14H2,1-2H3,(H,24,26);1H. The minimum atomic E-state index is -0.331. The Hall–Kier alpha value is -2.11. The van der Waals surface area contributed by atoms with E-state index in [0.29, 0.717) is 5.56 Å². The van der Waals surface area contributed by atoms with Crippen molar-refractivity contribution < 1.29 is 4.79 Å². The fraction of sp³-hybridized carbons (Fsp3) is 0.455. The zero-order valence-electron chi connectivity index (χ0n) is 16.7. The van der Waals surface area contributed by atoms with E-state index in [4.69, 9.17) is 0 Å². The van der Waals surface area contributed by atoms with Gasteiger partial charge in [-0.1, -0.05) is 25.5 Å². The number of anilines is 1. The summed E-state index contributed by atoms with van der Waals surface area (Å²) in [5, 5.41) is 6.20. The number of benzene rings is 1. The SMILES string of the molecule is CCCCc1ccc(NC(=O)c2c(C)ccn(C3CCNCC3)c2=O)cc1.Cl. The summed E-state index contributed by atoms with van der Waals surface area (Å²) in [6.07, 6.45) is 7.00. The first-order valence-corrected chi connectivity index (χ1v) is 9.93. The van der Waals surface area contributed by atoms with Crippen LogP contribution in [-0.2, 0) is 6.42 Å². The molecule has 1 aliphatic heterocycles. The number of amides is 1. The Labute approximate surface area is 173 Å². The van der Waals surface area contributed by atoms with Crippen LogP contribution >= 0.6 is 12.4 Å². The van der Waals surface area contributed by atoms with Gasteiger partial charge >= 0.3 is 0 Å². The average Bonchev–Trinajstić information content (AvgIpc) is 2.68. The first-order valence-electron chi connectivity index (χ1n) is 9.93. The zero-order valence-corrected chi connectivity index (χ0v) is 17.5. The number of piperidine rings is 1. The fourth-order valence-corrected chi connectivity index (χ4v) is 3.62. The molecule has 0 bridgehead atoms. The molecule has 2 heterocycles. The van der Waals surface area contributed by atoms with Crippen molar-refractivity contribution in [3.63, 3.8) is 0 Å². The van der Waals surface area contributed by atoms with Crippen molar-refractivity contribution in [3.05, 3.63) is 63.6 Å². The monoisotopic (exact) mass is 403 g/mol. The molecular weight excluding hydrogens is 374 g/mol. The van der Waals surface area contributed by atoms with Crippen molar-refractivity contribution in [2.45, 2.75) is 52.0 Å². The Balaban J connectivity index is 0.00000280. The molecule has 0 unspecified atom stereocenters. The third-order valence-corrected chi connectivity index (χ3v) is 5.29. The van der Waals surface area contributed by atoms with Gasteiger partial charge in [0.25, 0.3) is 11.5 Å². The second-order valence-corrected chi connectivity index (χ2v) is 7.32. The van der Waals surface area contributed by atoms with Crippen LogP contribution in [0.25, 0.3) is 0 Å². The maximum absolute atomic E-state index is 13.0. The summed E-state index contributed by atoms with van der Waals surface area (Å²) < 4.78 is 1.73. The molecule has 1 aromatic heterocycles. The summed E-state index contributed by atoms with van der Waals surface area (Å²) in [7, 11) is 0. The molecule has 0 saturated carbocycles. The van der Waals surface area contributed by atoms with Gasteiger partial charge in [-0.15, -0.1) is 12.4 Å². The van der Waals surface area contributed by atoms with E-state index < -0.39 is 0 Å². The number of nitrogens with zero attached hydrogens (tertiary/aromatic N) is 1. The number of unbranched alkanes of at least 4 members (excludes halogenated alkanes) is 1. The van der Waals surface area contributed by atoms with Crippen LogP contribution in [0.1, 0.15) is 60.1 Å². The molecule has 3 rings (SSSR count). The van der Waals surface area contributed by atoms with E-state index in [2.05, 4.69) is 17.6 Å². The number of carbonyl (C=O) groups excluding carboxylic acids is 1. The number of halogens is 1. The lowest BCUT2D eigenvalue weighted by Crippen LogP contribution is -2.37. The highest BCUT2D eigenvalue weighted by Crippen LogP contribution is 2.18. The molecule has 1 aromatic carbocycles. The second-order valence-electron chi connectivity index (χ2n) is 7.32. The van der Waals surface area contributed by atoms with E-state index in [0.717, 1.165) is 50.9 Å². The number of rotatable bonds is 6. The van der Waals surface area contributed by atoms with Crippen molar-refractivity contribution in [1.29, 1.82) is 0 Å². The highest BCUT2D eigenvalue weighted by molar-refractivity contribution is 6.05. The molecule has 1 amide bonds. The first kappa shape index (κ1) is 22.2. The summed E-state index contributed by atoms with van der Waals surface area (Å²) in [4.78, 5) is 25.8. The van der Waals surface area contributed by atoms with Crippen LogP contribution in [0, 0.1) is 6.92 Å². The van der Waals surface area contributed by atoms with Gasteiger partial charge in [-0.25, -0.2) is 0 Å². The van der Waals surface area contributed by atoms with E-state index in [1.165, 1.54) is 5.56 Å². The largest absolute Gasteiger partial charge is 0.322 e. The van der Waals surface area contributed by atoms with Gasteiger partial charge in [0.2, 0.25) is 0 Å². The molecule has 0 radical (unpaired) electrons. The molecule has 2 aromatic rings. The van der Waals surface area contributed by atoms with E-state index in [1.54, 1.807) is 4.57 Å². The minimum absolute atomic E-state index is 0. The number of aryl methyl sites for hydroxylation is 2. The maximum Gasteiger partial charge on any atom is 0.263 e. The van der Waals surface area contributed by atoms with Crippen molar-refractivity contribution in [2.24, 2.45) is 0 Å². The number of nitrogens with one attached hydrogen (secondary N) is 2. The molecule has 152 valence electrons. The Kier molecular flexibility index (Phi) is 8.27. The van der Waals surface area contributed by atoms with E-state index in [-0.39, 0.29) is 35.5 Å². The van der Waals surface area contributed by atoms with Crippen LogP contribution < -0.4 is 16.2 Å². The van der Waals surface area contributed by atoms with Crippen molar-refractivity contribution in [3.8, 4) is 0 Å². The molecule has 1 fully saturated rings. The molecule has 28 heavy (non-hydrogen) atoms. The predicted molar refractivity (Wildman–Crippen MR) is 117 cm³/mol. The Morgan fingerprint density at radius 1 is 1.18 bits per heavy atom. The summed E-state index contributed by atoms with van der Waals surface area (Å²) in [6.45, 7) is 5.79. The molecule has 0 spiro atoms. The summed E-state index contributed by atoms with van der Waals surface area (Å²) >= 11 is 0. The lowest BCUT2D eigenvalue weighted by molar-refractivity contribution is 0.102. The second kappa shape index (κ2) is 10.4. The molecule has 2 N–H and O–H groups in total. The smallest absolute Gasteiger partial charge is 0.263 e. The maximum atomic E-state index is 13.0. The van der Waals surface area contributed by atoms with Crippen LogP contribution in [0.15, 0.2) is 41.3 Å². The van der Waals surface area contributed by atoms with Gasteiger partial charge in [-0.05, 0) is 75.0 Å². The Morgan fingerprint density at radius 3 is 2.50 bits per heavy atom. The molecule has 0 aliphatic carbocycles. The highest BCUT2D eigenvalue weighted by atomic mass is 35.5. The normalized spacial score (nSPS) is 14.4. The Morgan fingerprint density at radius 2 is 1.86 bits per heavy atom. The van der Waals surface area contributed by atoms with Crippen LogP contribution in [0.2, 0.25) is 0 Å². The Bertz CT molecular complexity index is 840. The van der Waals surface area contributed by atoms with Gasteiger partial charge in [-0.2, -0.15) is 0 Å². The number of pyridine rings is 1. The molecule has 1 saturated heterocycles. The lowest BCUT2D eigenvalue weighted by Gasteiger charge is -2.25.